The number of hydrogen-bond acceptors (Lipinski definition) is 3. The number of hydrogen-bond donors (Lipinski definition) is 1. The lowest BCUT2D eigenvalue weighted by molar-refractivity contribution is -0.105. The number of halogens is 2. The fourth-order valence-corrected chi connectivity index (χ4v) is 1.78. The van der Waals surface area contributed by atoms with Crippen LogP contribution in [0.1, 0.15) is 12.8 Å². The monoisotopic (exact) mass is 257 g/mol. The summed E-state index contributed by atoms with van der Waals surface area (Å²) in [4.78, 5) is 10.2. The van der Waals surface area contributed by atoms with Crippen molar-refractivity contribution in [1.29, 1.82) is 0 Å². The highest BCUT2D eigenvalue weighted by molar-refractivity contribution is 5.71. The summed E-state index contributed by atoms with van der Waals surface area (Å²) >= 11 is 0. The van der Waals surface area contributed by atoms with Gasteiger partial charge in [0.25, 0.3) is 0 Å². The van der Waals surface area contributed by atoms with Crippen LogP contribution in [-0.2, 0) is 9.53 Å². The Hall–Kier alpha value is -1.69. The van der Waals surface area contributed by atoms with E-state index >= 15 is 0 Å². The Labute approximate surface area is 103 Å². The molecule has 0 unspecified atom stereocenters. The van der Waals surface area contributed by atoms with E-state index in [0.29, 0.717) is 32.5 Å². The van der Waals surface area contributed by atoms with Crippen LogP contribution in [0, 0.1) is 11.6 Å². The molecule has 0 aromatic heterocycles. The number of anilines is 1. The van der Waals surface area contributed by atoms with Crippen molar-refractivity contribution in [3.63, 3.8) is 0 Å². The maximum Gasteiger partial charge on any atom is 0.211 e. The number of carbonyl (C=O) groups excluding carboxylic acids is 1. The summed E-state index contributed by atoms with van der Waals surface area (Å²) in [6, 6.07) is 2.04. The molecule has 0 spiro atoms. The van der Waals surface area contributed by atoms with E-state index in [1.165, 1.54) is 0 Å². The van der Waals surface area contributed by atoms with Crippen LogP contribution in [0.5, 0.6) is 5.75 Å². The van der Waals surface area contributed by atoms with Crippen LogP contribution in [0.15, 0.2) is 12.1 Å². The van der Waals surface area contributed by atoms with Crippen molar-refractivity contribution >= 4 is 12.1 Å². The van der Waals surface area contributed by atoms with Gasteiger partial charge in [0.2, 0.25) is 6.41 Å². The zero-order valence-electron chi connectivity index (χ0n) is 9.62. The molecule has 1 heterocycles. The van der Waals surface area contributed by atoms with Crippen molar-refractivity contribution < 1.29 is 23.0 Å². The van der Waals surface area contributed by atoms with Crippen LogP contribution in [0.3, 0.4) is 0 Å². The van der Waals surface area contributed by atoms with E-state index in [1.54, 1.807) is 0 Å². The second-order valence-electron chi connectivity index (χ2n) is 3.96. The van der Waals surface area contributed by atoms with E-state index in [2.05, 4.69) is 5.32 Å². The number of ether oxygens (including phenoxy) is 2. The molecule has 0 aliphatic carbocycles. The zero-order chi connectivity index (χ0) is 13.0. The molecule has 1 amide bonds. The third kappa shape index (κ3) is 2.95. The van der Waals surface area contributed by atoms with Crippen molar-refractivity contribution in [2.24, 2.45) is 0 Å². The SMILES string of the molecule is O=CNc1cc(F)c(OC2CCOCC2)c(F)c1. The average Bonchev–Trinajstić information content (AvgIpc) is 2.36. The third-order valence-corrected chi connectivity index (χ3v) is 2.68. The Morgan fingerprint density at radius 3 is 2.44 bits per heavy atom. The van der Waals surface area contributed by atoms with Crippen LogP contribution in [0.2, 0.25) is 0 Å². The molecule has 1 saturated heterocycles. The fraction of sp³-hybridized carbons (Fsp3) is 0.417. The molecule has 0 saturated carbocycles. The molecule has 1 N–H and O–H groups in total. The first-order valence-corrected chi connectivity index (χ1v) is 5.64. The largest absolute Gasteiger partial charge is 0.484 e. The Morgan fingerprint density at radius 2 is 1.89 bits per heavy atom. The fourth-order valence-electron chi connectivity index (χ4n) is 1.78. The van der Waals surface area contributed by atoms with Gasteiger partial charge in [-0.15, -0.1) is 0 Å². The smallest absolute Gasteiger partial charge is 0.211 e. The van der Waals surface area contributed by atoms with Gasteiger partial charge in [-0.1, -0.05) is 0 Å². The highest BCUT2D eigenvalue weighted by atomic mass is 19.1. The van der Waals surface area contributed by atoms with Gasteiger partial charge in [-0.2, -0.15) is 0 Å². The first kappa shape index (κ1) is 12.8. The normalized spacial score (nSPS) is 16.3. The second-order valence-corrected chi connectivity index (χ2v) is 3.96. The summed E-state index contributed by atoms with van der Waals surface area (Å²) in [6.07, 6.45) is 1.32. The molecule has 0 atom stereocenters. The van der Waals surface area contributed by atoms with Gasteiger partial charge in [-0.3, -0.25) is 4.79 Å². The molecule has 0 radical (unpaired) electrons. The molecule has 1 aromatic carbocycles. The van der Waals surface area contributed by atoms with Crippen molar-refractivity contribution in [2.45, 2.75) is 18.9 Å². The molecule has 98 valence electrons. The first-order valence-electron chi connectivity index (χ1n) is 5.64. The second kappa shape index (κ2) is 5.77. The minimum absolute atomic E-state index is 0.0549. The molecule has 4 nitrogen and oxygen atoms in total. The summed E-state index contributed by atoms with van der Waals surface area (Å²) in [5.41, 5.74) is 0.0549. The van der Waals surface area contributed by atoms with Gasteiger partial charge in [0, 0.05) is 30.7 Å². The Bertz CT molecular complexity index is 410. The van der Waals surface area contributed by atoms with Crippen LogP contribution in [0.25, 0.3) is 0 Å². The van der Waals surface area contributed by atoms with Crippen LogP contribution in [-0.4, -0.2) is 25.7 Å². The third-order valence-electron chi connectivity index (χ3n) is 2.68. The van der Waals surface area contributed by atoms with E-state index in [1.807, 2.05) is 0 Å². The molecule has 1 aliphatic heterocycles. The lowest BCUT2D eigenvalue weighted by atomic mass is 10.1. The Kier molecular flexibility index (Phi) is 4.09. The molecule has 1 fully saturated rings. The lowest BCUT2D eigenvalue weighted by Gasteiger charge is -2.23. The number of rotatable bonds is 4. The first-order chi connectivity index (χ1) is 8.70. The molecule has 6 heteroatoms. The highest BCUT2D eigenvalue weighted by Gasteiger charge is 2.20. The zero-order valence-corrected chi connectivity index (χ0v) is 9.62. The van der Waals surface area contributed by atoms with Crippen molar-refractivity contribution in [3.05, 3.63) is 23.8 Å². The van der Waals surface area contributed by atoms with Crippen molar-refractivity contribution in [3.8, 4) is 5.75 Å². The van der Waals surface area contributed by atoms with Gasteiger partial charge in [0.1, 0.15) is 6.10 Å². The van der Waals surface area contributed by atoms with E-state index in [-0.39, 0.29) is 11.8 Å². The summed E-state index contributed by atoms with van der Waals surface area (Å²) in [5, 5.41) is 2.18. The maximum absolute atomic E-state index is 13.6. The number of amides is 1. The van der Waals surface area contributed by atoms with Gasteiger partial charge in [0.15, 0.2) is 17.4 Å². The van der Waals surface area contributed by atoms with Crippen molar-refractivity contribution in [2.75, 3.05) is 18.5 Å². The Balaban J connectivity index is 2.14. The van der Waals surface area contributed by atoms with Gasteiger partial charge < -0.3 is 14.8 Å². The number of carbonyl (C=O) groups is 1. The van der Waals surface area contributed by atoms with Gasteiger partial charge in [-0.05, 0) is 0 Å². The molecule has 1 aromatic rings. The molecular weight excluding hydrogens is 244 g/mol. The predicted octanol–water partition coefficient (Wildman–Crippen LogP) is 2.09. The molecule has 18 heavy (non-hydrogen) atoms. The van der Waals surface area contributed by atoms with Crippen LogP contribution >= 0.6 is 0 Å². The minimum Gasteiger partial charge on any atom is -0.484 e. The van der Waals surface area contributed by atoms with Crippen LogP contribution < -0.4 is 10.1 Å². The van der Waals surface area contributed by atoms with Gasteiger partial charge >= 0.3 is 0 Å². The Morgan fingerprint density at radius 1 is 1.28 bits per heavy atom. The van der Waals surface area contributed by atoms with E-state index < -0.39 is 17.4 Å². The highest BCUT2D eigenvalue weighted by Crippen LogP contribution is 2.28. The number of benzene rings is 1. The molecular formula is C12H13F2NO3. The summed E-state index contributed by atoms with van der Waals surface area (Å²) < 4.78 is 37.7. The van der Waals surface area contributed by atoms with E-state index in [4.69, 9.17) is 9.47 Å². The van der Waals surface area contributed by atoms with Crippen LogP contribution in [0.4, 0.5) is 14.5 Å². The number of nitrogens with one attached hydrogen (secondary N) is 1. The van der Waals surface area contributed by atoms with E-state index in [9.17, 15) is 13.6 Å². The van der Waals surface area contributed by atoms with Gasteiger partial charge in [-0.25, -0.2) is 8.78 Å². The van der Waals surface area contributed by atoms with E-state index in [0.717, 1.165) is 12.1 Å². The van der Waals surface area contributed by atoms with Crippen molar-refractivity contribution in [1.82, 2.24) is 0 Å². The topological polar surface area (TPSA) is 47.6 Å². The average molecular weight is 257 g/mol. The molecule has 2 rings (SSSR count). The molecule has 1 aliphatic rings. The summed E-state index contributed by atoms with van der Waals surface area (Å²) in [5.74, 6) is -2.06. The maximum atomic E-state index is 13.6. The molecule has 0 bridgehead atoms. The van der Waals surface area contributed by atoms with Gasteiger partial charge in [0.05, 0.1) is 13.2 Å². The quantitative estimate of drug-likeness (QED) is 0.840. The minimum atomic E-state index is -0.828. The summed E-state index contributed by atoms with van der Waals surface area (Å²) in [7, 11) is 0. The lowest BCUT2D eigenvalue weighted by Crippen LogP contribution is -2.26. The predicted molar refractivity (Wildman–Crippen MR) is 60.5 cm³/mol. The standard InChI is InChI=1S/C12H13F2NO3/c13-10-5-8(15-7-16)6-11(14)12(10)18-9-1-3-17-4-2-9/h5-7,9H,1-4H2,(H,15,16). The summed E-state index contributed by atoms with van der Waals surface area (Å²) in [6.45, 7) is 1.05.